The highest BCUT2D eigenvalue weighted by Gasteiger charge is 2.51. The third-order valence-corrected chi connectivity index (χ3v) is 7.84. The second-order valence-electron chi connectivity index (χ2n) is 10.5. The molecule has 0 spiro atoms. The Morgan fingerprint density at radius 2 is 1.26 bits per heavy atom. The lowest BCUT2D eigenvalue weighted by atomic mass is 9.78. The molecule has 3 heterocycles. The first kappa shape index (κ1) is 20.8. The molecule has 7 rings (SSSR count). The van der Waals surface area contributed by atoms with Crippen LogP contribution in [0.4, 0.5) is 0 Å². The van der Waals surface area contributed by atoms with Gasteiger partial charge in [-0.25, -0.2) is 0 Å². The van der Waals surface area contributed by atoms with E-state index in [-0.39, 0.29) is 11.2 Å². The third kappa shape index (κ3) is 2.95. The van der Waals surface area contributed by atoms with Gasteiger partial charge in [-0.3, -0.25) is 0 Å². The molecule has 4 aromatic carbocycles. The standard InChI is InChI=1S/C30H26BNO3/c1-29(2)30(3,4)35-31(34-29)19-13-16-26-24(17-19)21-9-5-7-11-25(21)32(26)20-14-15-23-22-10-6-8-12-27(22)33-28(23)18-20/h5-18H,1-4H3. The summed E-state index contributed by atoms with van der Waals surface area (Å²) in [6, 6.07) is 29.7. The number of nitrogens with zero attached hydrogens (tertiary/aromatic N) is 1. The van der Waals surface area contributed by atoms with Crippen molar-refractivity contribution in [2.24, 2.45) is 0 Å². The van der Waals surface area contributed by atoms with Crippen LogP contribution in [0.15, 0.2) is 89.3 Å². The van der Waals surface area contributed by atoms with E-state index in [0.717, 1.165) is 44.1 Å². The third-order valence-electron chi connectivity index (χ3n) is 7.84. The number of hydrogen-bond donors (Lipinski definition) is 0. The molecule has 0 N–H and O–H groups in total. The maximum absolute atomic E-state index is 6.34. The molecular weight excluding hydrogens is 433 g/mol. The molecule has 0 aliphatic carbocycles. The average Bonchev–Trinajstić information content (AvgIpc) is 3.44. The highest BCUT2D eigenvalue weighted by molar-refractivity contribution is 6.62. The van der Waals surface area contributed by atoms with Gasteiger partial charge in [-0.05, 0) is 63.5 Å². The summed E-state index contributed by atoms with van der Waals surface area (Å²) in [5.41, 5.74) is 5.46. The number of hydrogen-bond acceptors (Lipinski definition) is 3. The SMILES string of the molecule is CC1(C)OB(c2ccc3c(c2)c2ccccc2n3-c2ccc3c(c2)oc2ccccc23)OC1(C)C. The number of para-hydroxylation sites is 2. The summed E-state index contributed by atoms with van der Waals surface area (Å²) in [5.74, 6) is 0. The number of furan rings is 1. The van der Waals surface area contributed by atoms with Crippen LogP contribution in [0, 0.1) is 0 Å². The lowest BCUT2D eigenvalue weighted by Gasteiger charge is -2.32. The highest BCUT2D eigenvalue weighted by atomic mass is 16.7. The summed E-state index contributed by atoms with van der Waals surface area (Å²) in [6.07, 6.45) is 0. The smallest absolute Gasteiger partial charge is 0.456 e. The van der Waals surface area contributed by atoms with Crippen molar-refractivity contribution in [1.82, 2.24) is 4.57 Å². The van der Waals surface area contributed by atoms with Crippen molar-refractivity contribution in [3.8, 4) is 5.69 Å². The Morgan fingerprint density at radius 3 is 2.06 bits per heavy atom. The van der Waals surface area contributed by atoms with Gasteiger partial charge < -0.3 is 18.3 Å². The van der Waals surface area contributed by atoms with Gasteiger partial charge in [0.2, 0.25) is 0 Å². The minimum absolute atomic E-state index is 0.372. The van der Waals surface area contributed by atoms with Crippen LogP contribution in [-0.4, -0.2) is 22.9 Å². The lowest BCUT2D eigenvalue weighted by Crippen LogP contribution is -2.41. The Balaban J connectivity index is 1.42. The summed E-state index contributed by atoms with van der Waals surface area (Å²) >= 11 is 0. The van der Waals surface area contributed by atoms with Crippen LogP contribution in [0.2, 0.25) is 0 Å². The van der Waals surface area contributed by atoms with Crippen molar-refractivity contribution >= 4 is 56.3 Å². The van der Waals surface area contributed by atoms with Crippen molar-refractivity contribution in [3.63, 3.8) is 0 Å². The molecule has 0 bridgehead atoms. The number of rotatable bonds is 2. The first-order valence-electron chi connectivity index (χ1n) is 12.1. The minimum Gasteiger partial charge on any atom is -0.456 e. The Morgan fingerprint density at radius 1 is 0.600 bits per heavy atom. The maximum Gasteiger partial charge on any atom is 0.494 e. The Labute approximate surface area is 204 Å². The van der Waals surface area contributed by atoms with Crippen LogP contribution in [0.3, 0.4) is 0 Å². The fourth-order valence-corrected chi connectivity index (χ4v) is 5.25. The van der Waals surface area contributed by atoms with Crippen LogP contribution in [0.25, 0.3) is 49.4 Å². The lowest BCUT2D eigenvalue weighted by molar-refractivity contribution is 0.00578. The van der Waals surface area contributed by atoms with Crippen LogP contribution in [0.1, 0.15) is 27.7 Å². The Bertz CT molecular complexity index is 1760. The van der Waals surface area contributed by atoms with E-state index < -0.39 is 7.12 Å². The van der Waals surface area contributed by atoms with Gasteiger partial charge >= 0.3 is 7.12 Å². The molecule has 172 valence electrons. The van der Waals surface area contributed by atoms with E-state index in [2.05, 4.69) is 105 Å². The van der Waals surface area contributed by atoms with Crippen molar-refractivity contribution in [3.05, 3.63) is 84.9 Å². The Hall–Kier alpha value is -3.54. The molecule has 0 saturated carbocycles. The summed E-state index contributed by atoms with van der Waals surface area (Å²) in [5, 5.41) is 4.65. The summed E-state index contributed by atoms with van der Waals surface area (Å²) in [6.45, 7) is 8.36. The molecule has 0 radical (unpaired) electrons. The van der Waals surface area contributed by atoms with E-state index in [9.17, 15) is 0 Å². The van der Waals surface area contributed by atoms with E-state index >= 15 is 0 Å². The number of aromatic nitrogens is 1. The monoisotopic (exact) mass is 459 g/mol. The zero-order valence-electron chi connectivity index (χ0n) is 20.3. The molecule has 0 amide bonds. The van der Waals surface area contributed by atoms with Crippen molar-refractivity contribution in [1.29, 1.82) is 0 Å². The summed E-state index contributed by atoms with van der Waals surface area (Å²) in [7, 11) is -0.390. The number of benzene rings is 4. The summed E-state index contributed by atoms with van der Waals surface area (Å²) < 4.78 is 21.2. The predicted molar refractivity (Wildman–Crippen MR) is 144 cm³/mol. The van der Waals surface area contributed by atoms with Crippen LogP contribution < -0.4 is 5.46 Å². The quantitative estimate of drug-likeness (QED) is 0.262. The van der Waals surface area contributed by atoms with Gasteiger partial charge in [0, 0.05) is 33.3 Å². The molecule has 6 aromatic rings. The van der Waals surface area contributed by atoms with Gasteiger partial charge in [-0.2, -0.15) is 0 Å². The molecule has 0 unspecified atom stereocenters. The predicted octanol–water partition coefficient (Wildman–Crippen LogP) is 6.98. The van der Waals surface area contributed by atoms with E-state index in [1.165, 1.54) is 10.8 Å². The first-order valence-corrected chi connectivity index (χ1v) is 12.1. The van der Waals surface area contributed by atoms with E-state index in [0.29, 0.717) is 0 Å². The molecule has 4 nitrogen and oxygen atoms in total. The fraction of sp³-hybridized carbons (Fsp3) is 0.200. The molecular formula is C30H26BNO3. The van der Waals surface area contributed by atoms with Crippen molar-refractivity contribution in [2.45, 2.75) is 38.9 Å². The highest BCUT2D eigenvalue weighted by Crippen LogP contribution is 2.38. The molecule has 0 atom stereocenters. The second-order valence-corrected chi connectivity index (χ2v) is 10.5. The minimum atomic E-state index is -0.390. The van der Waals surface area contributed by atoms with Crippen molar-refractivity contribution < 1.29 is 13.7 Å². The summed E-state index contributed by atoms with van der Waals surface area (Å²) in [4.78, 5) is 0. The van der Waals surface area contributed by atoms with E-state index in [1.807, 2.05) is 12.1 Å². The molecule has 1 fully saturated rings. The van der Waals surface area contributed by atoms with Gasteiger partial charge in [0.1, 0.15) is 11.2 Å². The number of fused-ring (bicyclic) bond motifs is 6. The van der Waals surface area contributed by atoms with Crippen LogP contribution >= 0.6 is 0 Å². The second kappa shape index (κ2) is 7.00. The van der Waals surface area contributed by atoms with E-state index in [4.69, 9.17) is 13.7 Å². The fourth-order valence-electron chi connectivity index (χ4n) is 5.25. The van der Waals surface area contributed by atoms with Gasteiger partial charge in [0.25, 0.3) is 0 Å². The largest absolute Gasteiger partial charge is 0.494 e. The van der Waals surface area contributed by atoms with E-state index in [1.54, 1.807) is 0 Å². The molecule has 1 aliphatic rings. The normalized spacial score (nSPS) is 17.3. The van der Waals surface area contributed by atoms with Gasteiger partial charge in [0.05, 0.1) is 22.2 Å². The van der Waals surface area contributed by atoms with Crippen LogP contribution in [-0.2, 0) is 9.31 Å². The van der Waals surface area contributed by atoms with Crippen LogP contribution in [0.5, 0.6) is 0 Å². The molecule has 5 heteroatoms. The Kier molecular flexibility index (Phi) is 4.16. The molecule has 1 saturated heterocycles. The maximum atomic E-state index is 6.34. The van der Waals surface area contributed by atoms with Gasteiger partial charge in [-0.15, -0.1) is 0 Å². The zero-order chi connectivity index (χ0) is 23.9. The zero-order valence-corrected chi connectivity index (χ0v) is 20.3. The molecule has 1 aliphatic heterocycles. The first-order chi connectivity index (χ1) is 16.8. The van der Waals surface area contributed by atoms with Gasteiger partial charge in [-0.1, -0.05) is 48.5 Å². The average molecular weight is 459 g/mol. The van der Waals surface area contributed by atoms with Gasteiger partial charge in [0.15, 0.2) is 0 Å². The topological polar surface area (TPSA) is 36.5 Å². The molecule has 2 aromatic heterocycles. The molecule has 35 heavy (non-hydrogen) atoms. The van der Waals surface area contributed by atoms with Crippen molar-refractivity contribution in [2.75, 3.05) is 0 Å².